The van der Waals surface area contributed by atoms with E-state index in [0.717, 1.165) is 6.54 Å². The average Bonchev–Trinajstić information content (AvgIpc) is 2.38. The summed E-state index contributed by atoms with van der Waals surface area (Å²) in [6, 6.07) is 7.39. The Morgan fingerprint density at radius 3 is 2.58 bits per heavy atom. The molecular weight excluding hydrogens is 232 g/mol. The van der Waals surface area contributed by atoms with Gasteiger partial charge in [0.2, 0.25) is 0 Å². The minimum atomic E-state index is 0.354. The van der Waals surface area contributed by atoms with Gasteiger partial charge in [-0.3, -0.25) is 0 Å². The summed E-state index contributed by atoms with van der Waals surface area (Å²) in [4.78, 5) is 2.71. The molecule has 19 heavy (non-hydrogen) atoms. The van der Waals surface area contributed by atoms with Crippen LogP contribution in [0.4, 0.5) is 11.4 Å². The second-order valence-corrected chi connectivity index (χ2v) is 6.62. The summed E-state index contributed by atoms with van der Waals surface area (Å²) in [5, 5.41) is 3.69. The maximum atomic E-state index is 3.69. The third kappa shape index (κ3) is 2.11. The van der Waals surface area contributed by atoms with E-state index in [1.807, 2.05) is 0 Å². The lowest BCUT2D eigenvalue weighted by Crippen LogP contribution is -2.59. The zero-order valence-corrected chi connectivity index (χ0v) is 12.5. The fourth-order valence-corrected chi connectivity index (χ4v) is 4.04. The van der Waals surface area contributed by atoms with Gasteiger partial charge < -0.3 is 10.2 Å². The van der Waals surface area contributed by atoms with Gasteiger partial charge in [0.15, 0.2) is 0 Å². The molecule has 1 saturated carbocycles. The Kier molecular flexibility index (Phi) is 3.20. The first-order valence-corrected chi connectivity index (χ1v) is 7.76. The van der Waals surface area contributed by atoms with E-state index >= 15 is 0 Å². The van der Waals surface area contributed by atoms with Crippen LogP contribution in [0.25, 0.3) is 0 Å². The molecule has 0 saturated heterocycles. The van der Waals surface area contributed by atoms with Crippen LogP contribution in [0, 0.1) is 6.92 Å². The zero-order chi connectivity index (χ0) is 13.5. The summed E-state index contributed by atoms with van der Waals surface area (Å²) < 4.78 is 0. The van der Waals surface area contributed by atoms with Crippen molar-refractivity contribution in [2.75, 3.05) is 16.8 Å². The molecule has 2 aliphatic rings. The molecule has 1 fully saturated rings. The summed E-state index contributed by atoms with van der Waals surface area (Å²) in [5.41, 5.74) is 4.45. The second-order valence-electron chi connectivity index (χ2n) is 6.62. The predicted octanol–water partition coefficient (Wildman–Crippen LogP) is 4.34. The molecule has 2 heteroatoms. The fraction of sp³-hybridized carbons (Fsp3) is 0.647. The van der Waals surface area contributed by atoms with Crippen LogP contribution in [0.2, 0.25) is 0 Å². The Morgan fingerprint density at radius 2 is 1.89 bits per heavy atom. The number of hydrogen-bond donors (Lipinski definition) is 1. The Hall–Kier alpha value is -1.18. The van der Waals surface area contributed by atoms with Crippen molar-refractivity contribution in [3.63, 3.8) is 0 Å². The number of fused-ring (bicyclic) bond motifs is 1. The van der Waals surface area contributed by atoms with Crippen molar-refractivity contribution in [3.8, 4) is 0 Å². The smallest absolute Gasteiger partial charge is 0.0612 e. The average molecular weight is 258 g/mol. The van der Waals surface area contributed by atoms with Gasteiger partial charge in [-0.25, -0.2) is 0 Å². The van der Waals surface area contributed by atoms with Gasteiger partial charge in [-0.1, -0.05) is 25.3 Å². The standard InChI is InChI=1S/C17H26N2/c1-13(2)19-16-11-14(3)7-8-15(16)18-12-17(19)9-5-4-6-10-17/h7-8,11,13,18H,4-6,9-10,12H2,1-3H3. The molecule has 1 heterocycles. The SMILES string of the molecule is Cc1ccc2c(c1)N(C(C)C)C1(CCCCC1)CN2. The number of nitrogens with zero attached hydrogens (tertiary/aromatic N) is 1. The quantitative estimate of drug-likeness (QED) is 0.806. The molecule has 1 aliphatic heterocycles. The van der Waals surface area contributed by atoms with Crippen molar-refractivity contribution in [1.82, 2.24) is 0 Å². The summed E-state index contributed by atoms with van der Waals surface area (Å²) >= 11 is 0. The molecule has 0 amide bonds. The first-order valence-electron chi connectivity index (χ1n) is 7.76. The van der Waals surface area contributed by atoms with E-state index in [9.17, 15) is 0 Å². The third-order valence-electron chi connectivity index (χ3n) is 4.83. The van der Waals surface area contributed by atoms with Crippen molar-refractivity contribution in [1.29, 1.82) is 0 Å². The molecule has 1 N–H and O–H groups in total. The van der Waals surface area contributed by atoms with E-state index < -0.39 is 0 Å². The molecule has 0 bridgehead atoms. The molecule has 0 atom stereocenters. The van der Waals surface area contributed by atoms with Crippen LogP contribution in [-0.4, -0.2) is 18.1 Å². The van der Waals surface area contributed by atoms with Gasteiger partial charge in [0.25, 0.3) is 0 Å². The maximum absolute atomic E-state index is 3.69. The van der Waals surface area contributed by atoms with Crippen molar-refractivity contribution < 1.29 is 0 Å². The third-order valence-corrected chi connectivity index (χ3v) is 4.83. The number of hydrogen-bond acceptors (Lipinski definition) is 2. The lowest BCUT2D eigenvalue weighted by molar-refractivity contribution is 0.270. The number of aryl methyl sites for hydroxylation is 1. The molecule has 0 unspecified atom stereocenters. The van der Waals surface area contributed by atoms with Crippen molar-refractivity contribution in [2.24, 2.45) is 0 Å². The summed E-state index contributed by atoms with van der Waals surface area (Å²) in [6.45, 7) is 7.99. The molecule has 0 radical (unpaired) electrons. The van der Waals surface area contributed by atoms with E-state index in [2.05, 4.69) is 49.2 Å². The highest BCUT2D eigenvalue weighted by Gasteiger charge is 2.42. The van der Waals surface area contributed by atoms with Gasteiger partial charge in [-0.15, -0.1) is 0 Å². The van der Waals surface area contributed by atoms with Crippen LogP contribution >= 0.6 is 0 Å². The van der Waals surface area contributed by atoms with Crippen LogP contribution < -0.4 is 10.2 Å². The van der Waals surface area contributed by atoms with E-state index in [4.69, 9.17) is 0 Å². The maximum Gasteiger partial charge on any atom is 0.0612 e. The molecular formula is C17H26N2. The lowest BCUT2D eigenvalue weighted by atomic mass is 9.77. The molecule has 1 spiro atoms. The monoisotopic (exact) mass is 258 g/mol. The predicted molar refractivity (Wildman–Crippen MR) is 83.1 cm³/mol. The van der Waals surface area contributed by atoms with Crippen LogP contribution in [-0.2, 0) is 0 Å². The Labute approximate surface area is 117 Å². The van der Waals surface area contributed by atoms with Crippen LogP contribution in [0.1, 0.15) is 51.5 Å². The highest BCUT2D eigenvalue weighted by molar-refractivity contribution is 5.75. The molecule has 1 aliphatic carbocycles. The first kappa shape index (κ1) is 12.8. The highest BCUT2D eigenvalue weighted by Crippen LogP contribution is 2.44. The summed E-state index contributed by atoms with van der Waals surface area (Å²) in [6.07, 6.45) is 6.85. The van der Waals surface area contributed by atoms with Crippen molar-refractivity contribution in [3.05, 3.63) is 23.8 Å². The number of anilines is 2. The van der Waals surface area contributed by atoms with Crippen LogP contribution in [0.15, 0.2) is 18.2 Å². The first-order chi connectivity index (χ1) is 9.12. The van der Waals surface area contributed by atoms with Gasteiger partial charge in [0, 0.05) is 12.6 Å². The van der Waals surface area contributed by atoms with E-state index in [1.54, 1.807) is 0 Å². The Balaban J connectivity index is 2.05. The normalized spacial score (nSPS) is 21.4. The summed E-state index contributed by atoms with van der Waals surface area (Å²) in [7, 11) is 0. The van der Waals surface area contributed by atoms with E-state index in [0.29, 0.717) is 11.6 Å². The molecule has 104 valence electrons. The van der Waals surface area contributed by atoms with Crippen molar-refractivity contribution >= 4 is 11.4 Å². The fourth-order valence-electron chi connectivity index (χ4n) is 4.04. The molecule has 1 aromatic rings. The minimum absolute atomic E-state index is 0.354. The Morgan fingerprint density at radius 1 is 1.16 bits per heavy atom. The number of rotatable bonds is 1. The van der Waals surface area contributed by atoms with Crippen LogP contribution in [0.3, 0.4) is 0 Å². The van der Waals surface area contributed by atoms with E-state index in [1.165, 1.54) is 49.0 Å². The minimum Gasteiger partial charge on any atom is -0.381 e. The molecule has 0 aromatic heterocycles. The summed E-state index contributed by atoms with van der Waals surface area (Å²) in [5.74, 6) is 0. The molecule has 3 rings (SSSR count). The van der Waals surface area contributed by atoms with Gasteiger partial charge in [0.1, 0.15) is 0 Å². The van der Waals surface area contributed by atoms with E-state index in [-0.39, 0.29) is 0 Å². The second kappa shape index (κ2) is 4.73. The lowest BCUT2D eigenvalue weighted by Gasteiger charge is -2.53. The largest absolute Gasteiger partial charge is 0.381 e. The zero-order valence-electron chi connectivity index (χ0n) is 12.5. The van der Waals surface area contributed by atoms with Gasteiger partial charge in [-0.2, -0.15) is 0 Å². The van der Waals surface area contributed by atoms with Gasteiger partial charge >= 0.3 is 0 Å². The van der Waals surface area contributed by atoms with Gasteiger partial charge in [-0.05, 0) is 51.3 Å². The topological polar surface area (TPSA) is 15.3 Å². The molecule has 1 aromatic carbocycles. The highest BCUT2D eigenvalue weighted by atomic mass is 15.3. The van der Waals surface area contributed by atoms with Crippen LogP contribution in [0.5, 0.6) is 0 Å². The van der Waals surface area contributed by atoms with Gasteiger partial charge in [0.05, 0.1) is 16.9 Å². The Bertz CT molecular complexity index is 458. The molecule has 2 nitrogen and oxygen atoms in total. The number of benzene rings is 1. The van der Waals surface area contributed by atoms with Crippen molar-refractivity contribution in [2.45, 2.75) is 64.5 Å². The number of nitrogens with one attached hydrogen (secondary N) is 1.